The van der Waals surface area contributed by atoms with E-state index >= 15 is 4.79 Å². The van der Waals surface area contributed by atoms with Crippen molar-refractivity contribution in [3.05, 3.63) is 123 Å². The number of fused-ring (bicyclic) bond motifs is 5. The molecule has 3 aromatic carbocycles. The van der Waals surface area contributed by atoms with E-state index in [1.165, 1.54) is 33.8 Å². The molecule has 1 saturated carbocycles. The lowest BCUT2D eigenvalue weighted by Gasteiger charge is -2.49. The quantitative estimate of drug-likeness (QED) is 0.0751. The highest BCUT2D eigenvalue weighted by molar-refractivity contribution is 7.22. The van der Waals surface area contributed by atoms with E-state index in [4.69, 9.17) is 16.7 Å². The lowest BCUT2D eigenvalue weighted by molar-refractivity contribution is -0.384. The van der Waals surface area contributed by atoms with Crippen LogP contribution in [0.3, 0.4) is 0 Å². The van der Waals surface area contributed by atoms with Crippen molar-refractivity contribution >= 4 is 73.8 Å². The zero-order valence-corrected chi connectivity index (χ0v) is 32.7. The fourth-order valence-corrected chi connectivity index (χ4v) is 11.3. The van der Waals surface area contributed by atoms with Gasteiger partial charge in [-0.2, -0.15) is 5.10 Å². The number of phenols is 1. The summed E-state index contributed by atoms with van der Waals surface area (Å²) >= 11 is 7.86. The maximum absolute atomic E-state index is 15.2. The van der Waals surface area contributed by atoms with Gasteiger partial charge < -0.3 is 5.11 Å². The number of nitrogens with zero attached hydrogens (tertiary/aromatic N) is 5. The van der Waals surface area contributed by atoms with Gasteiger partial charge in [-0.15, -0.1) is 17.9 Å². The Morgan fingerprint density at radius 1 is 1.04 bits per heavy atom. The molecular formula is C43H36ClN5O7S. The maximum atomic E-state index is 15.2. The number of allylic oxidation sites excluding steroid dienone is 3. The lowest BCUT2D eigenvalue weighted by atomic mass is 9.51. The zero-order valence-electron chi connectivity index (χ0n) is 31.1. The van der Waals surface area contributed by atoms with E-state index in [1.807, 2.05) is 31.2 Å². The minimum absolute atomic E-state index is 0.0192. The Labute approximate surface area is 335 Å². The molecule has 2 saturated heterocycles. The van der Waals surface area contributed by atoms with Gasteiger partial charge in [0.15, 0.2) is 0 Å². The van der Waals surface area contributed by atoms with Crippen LogP contribution in [0.1, 0.15) is 42.4 Å². The first-order valence-electron chi connectivity index (χ1n) is 18.6. The van der Waals surface area contributed by atoms with E-state index in [0.29, 0.717) is 34.1 Å². The number of aromatic hydroxyl groups is 1. The molecule has 4 amide bonds. The second kappa shape index (κ2) is 13.1. The van der Waals surface area contributed by atoms with Crippen molar-refractivity contribution in [3.63, 3.8) is 0 Å². The normalized spacial score (nSPS) is 25.5. The highest BCUT2D eigenvalue weighted by atomic mass is 35.5. The van der Waals surface area contributed by atoms with Crippen LogP contribution >= 0.6 is 22.9 Å². The predicted molar refractivity (Wildman–Crippen MR) is 216 cm³/mol. The number of imide groups is 2. The number of benzene rings is 3. The molecular weight excluding hydrogens is 766 g/mol. The average molecular weight is 802 g/mol. The average Bonchev–Trinajstić information content (AvgIpc) is 3.86. The Morgan fingerprint density at radius 2 is 1.79 bits per heavy atom. The smallest absolute Gasteiger partial charge is 0.269 e. The maximum Gasteiger partial charge on any atom is 0.269 e. The third kappa shape index (κ3) is 5.21. The summed E-state index contributed by atoms with van der Waals surface area (Å²) in [5.74, 6) is -5.50. The number of carbonyl (C=O) groups is 4. The summed E-state index contributed by atoms with van der Waals surface area (Å²) in [6.07, 6.45) is 4.26. The Balaban J connectivity index is 1.16. The number of carbonyl (C=O) groups excluding carboxylic acids is 4. The summed E-state index contributed by atoms with van der Waals surface area (Å²) in [4.78, 5) is 72.6. The van der Waals surface area contributed by atoms with E-state index in [-0.39, 0.29) is 30.0 Å². The standard InChI is InChI=1S/C43H36ClN5O7S/c1-5-7-22-8-6-9-28(37(22)50)36-26-15-16-27-35(41(53)47(39(27)51)24-11-13-25(14-12-24)49(55)56)30(26)19-31-40(52)48(42(54)43(31,36)3)34-20-32(45-46(34)4)38-21(2)29-18-23(44)10-17-33(29)57-38/h5-6,8-15,17-18,20,27,30-31,35-36,50H,1,7,16,19H2,2-4H3/t27-,30+,31-,35-,36+,43+/m0/s1. The molecule has 57 heavy (non-hydrogen) atoms. The largest absolute Gasteiger partial charge is 0.507 e. The molecule has 3 fully saturated rings. The molecule has 6 atom stereocenters. The minimum atomic E-state index is -1.39. The molecule has 1 N–H and O–H groups in total. The molecule has 0 unspecified atom stereocenters. The van der Waals surface area contributed by atoms with Gasteiger partial charge in [-0.1, -0.05) is 47.5 Å². The first-order valence-corrected chi connectivity index (χ1v) is 19.8. The zero-order chi connectivity index (χ0) is 40.2. The van der Waals surface area contributed by atoms with Gasteiger partial charge in [0.1, 0.15) is 17.3 Å². The number of anilines is 2. The summed E-state index contributed by atoms with van der Waals surface area (Å²) in [5, 5.41) is 29.6. The number of amides is 4. The van der Waals surface area contributed by atoms with Gasteiger partial charge >= 0.3 is 0 Å². The van der Waals surface area contributed by atoms with Gasteiger partial charge in [0, 0.05) is 46.5 Å². The Hall–Kier alpha value is -5.92. The number of thiophene rings is 1. The predicted octanol–water partition coefficient (Wildman–Crippen LogP) is 8.04. The molecule has 4 heterocycles. The van der Waals surface area contributed by atoms with Gasteiger partial charge in [-0.3, -0.25) is 38.9 Å². The third-order valence-electron chi connectivity index (χ3n) is 12.6. The molecule has 0 radical (unpaired) electrons. The molecule has 2 aromatic heterocycles. The Bertz CT molecular complexity index is 2660. The number of hydrogen-bond acceptors (Lipinski definition) is 9. The second-order valence-corrected chi connectivity index (χ2v) is 17.0. The SMILES string of the molecule is C=CCc1cccc([C@H]2C3=CC[C@@H]4C(=O)N(c5ccc([N+](=O)[O-])cc5)C(=O)[C@@H]4[C@@H]3C[C@H]3C(=O)N(c4cc(-c5sc6ccc(Cl)cc6c5C)nn4C)C(=O)[C@@]23C)c1O. The molecule has 2 aliphatic heterocycles. The van der Waals surface area contributed by atoms with Crippen LogP contribution in [0, 0.1) is 46.1 Å². The lowest BCUT2D eigenvalue weighted by Crippen LogP contribution is -2.49. The highest BCUT2D eigenvalue weighted by Crippen LogP contribution is 2.64. The highest BCUT2D eigenvalue weighted by Gasteiger charge is 2.68. The van der Waals surface area contributed by atoms with Crippen LogP contribution in [0.4, 0.5) is 17.2 Å². The number of nitro groups is 1. The summed E-state index contributed by atoms with van der Waals surface area (Å²) in [6, 6.07) is 18.0. The van der Waals surface area contributed by atoms with Crippen molar-refractivity contribution in [2.45, 2.75) is 39.0 Å². The molecule has 0 spiro atoms. The van der Waals surface area contributed by atoms with Crippen LogP contribution in [-0.2, 0) is 32.6 Å². The summed E-state index contributed by atoms with van der Waals surface area (Å²) in [6.45, 7) is 7.60. The van der Waals surface area contributed by atoms with Crippen molar-refractivity contribution < 1.29 is 29.2 Å². The number of para-hydroxylation sites is 1. The fourth-order valence-electron chi connectivity index (χ4n) is 9.94. The number of nitro benzene ring substituents is 1. The molecule has 0 bridgehead atoms. The molecule has 288 valence electrons. The molecule has 12 nitrogen and oxygen atoms in total. The summed E-state index contributed by atoms with van der Waals surface area (Å²) in [5.41, 5.74) is 1.99. The van der Waals surface area contributed by atoms with Crippen LogP contribution in [0.2, 0.25) is 5.02 Å². The first-order chi connectivity index (χ1) is 27.3. The van der Waals surface area contributed by atoms with E-state index in [0.717, 1.165) is 31.0 Å². The van der Waals surface area contributed by atoms with E-state index in [1.54, 1.807) is 55.6 Å². The molecule has 14 heteroatoms. The Kier molecular flexibility index (Phi) is 8.41. The molecule has 9 rings (SSSR count). The topological polar surface area (TPSA) is 156 Å². The number of rotatable bonds is 7. The van der Waals surface area contributed by atoms with Gasteiger partial charge in [-0.05, 0) is 85.9 Å². The number of aromatic nitrogens is 2. The van der Waals surface area contributed by atoms with E-state index < -0.39 is 63.6 Å². The number of hydrogen-bond donors (Lipinski definition) is 1. The van der Waals surface area contributed by atoms with Gasteiger partial charge in [0.2, 0.25) is 23.6 Å². The van der Waals surface area contributed by atoms with Crippen molar-refractivity contribution in [2.75, 3.05) is 9.80 Å². The van der Waals surface area contributed by atoms with Crippen LogP contribution in [0.15, 0.2) is 91.0 Å². The second-order valence-electron chi connectivity index (χ2n) is 15.5. The van der Waals surface area contributed by atoms with Crippen molar-refractivity contribution in [3.8, 4) is 16.3 Å². The van der Waals surface area contributed by atoms with Crippen molar-refractivity contribution in [1.29, 1.82) is 0 Å². The monoisotopic (exact) mass is 801 g/mol. The third-order valence-corrected chi connectivity index (χ3v) is 14.2. The van der Waals surface area contributed by atoms with Crippen LogP contribution in [0.5, 0.6) is 5.75 Å². The number of phenolic OH excluding ortho intramolecular Hbond substituents is 1. The van der Waals surface area contributed by atoms with Crippen molar-refractivity contribution in [2.24, 2.45) is 36.1 Å². The Morgan fingerprint density at radius 3 is 2.51 bits per heavy atom. The molecule has 5 aromatic rings. The van der Waals surface area contributed by atoms with Gasteiger partial charge in [-0.25, -0.2) is 4.90 Å². The van der Waals surface area contributed by atoms with Crippen LogP contribution in [0.25, 0.3) is 20.7 Å². The van der Waals surface area contributed by atoms with Crippen LogP contribution in [-0.4, -0.2) is 43.4 Å². The molecule has 2 aliphatic carbocycles. The van der Waals surface area contributed by atoms with Gasteiger partial charge in [0.05, 0.1) is 38.7 Å². The first kappa shape index (κ1) is 36.7. The van der Waals surface area contributed by atoms with E-state index in [2.05, 4.69) is 6.58 Å². The fraction of sp³-hybridized carbons (Fsp3) is 0.279. The van der Waals surface area contributed by atoms with Gasteiger partial charge in [0.25, 0.3) is 5.69 Å². The van der Waals surface area contributed by atoms with Crippen molar-refractivity contribution in [1.82, 2.24) is 9.78 Å². The minimum Gasteiger partial charge on any atom is -0.507 e. The van der Waals surface area contributed by atoms with Crippen LogP contribution < -0.4 is 9.80 Å². The number of halogens is 1. The summed E-state index contributed by atoms with van der Waals surface area (Å²) < 4.78 is 2.55. The number of non-ortho nitro benzene ring substituents is 1. The van der Waals surface area contributed by atoms with E-state index in [9.17, 15) is 29.6 Å². The molecule has 4 aliphatic rings. The number of aryl methyl sites for hydroxylation is 2. The summed E-state index contributed by atoms with van der Waals surface area (Å²) in [7, 11) is 1.69.